The van der Waals surface area contributed by atoms with Gasteiger partial charge in [-0.1, -0.05) is 13.8 Å². The lowest BCUT2D eigenvalue weighted by molar-refractivity contribution is -0.145. The molecule has 0 spiro atoms. The van der Waals surface area contributed by atoms with E-state index in [-0.39, 0.29) is 12.5 Å². The highest BCUT2D eigenvalue weighted by atomic mass is 16.5. The minimum atomic E-state index is -1.06. The number of carboxylic acids is 1. The summed E-state index contributed by atoms with van der Waals surface area (Å²) in [4.78, 5) is 22.2. The van der Waals surface area contributed by atoms with E-state index >= 15 is 0 Å². The summed E-state index contributed by atoms with van der Waals surface area (Å²) in [6, 6.07) is -0.915. The number of amides is 1. The maximum absolute atomic E-state index is 11.4. The van der Waals surface area contributed by atoms with Crippen molar-refractivity contribution >= 4 is 11.9 Å². The van der Waals surface area contributed by atoms with Crippen molar-refractivity contribution in [1.82, 2.24) is 5.32 Å². The van der Waals surface area contributed by atoms with Gasteiger partial charge in [0.1, 0.15) is 12.1 Å². The number of carboxylic acid groups (broad SMARTS) is 1. The summed E-state index contributed by atoms with van der Waals surface area (Å²) in [5, 5.41) is 11.2. The Labute approximate surface area is 88.8 Å². The molecule has 0 bridgehead atoms. The third-order valence-electron chi connectivity index (χ3n) is 2.02. The molecule has 0 saturated heterocycles. The van der Waals surface area contributed by atoms with Gasteiger partial charge < -0.3 is 20.9 Å². The highest BCUT2D eigenvalue weighted by Crippen LogP contribution is 2.02. The largest absolute Gasteiger partial charge is 0.480 e. The third-order valence-corrected chi connectivity index (χ3v) is 2.02. The number of rotatable bonds is 6. The molecule has 0 aliphatic carbocycles. The van der Waals surface area contributed by atoms with Crippen molar-refractivity contribution in [1.29, 1.82) is 0 Å². The van der Waals surface area contributed by atoms with Crippen LogP contribution in [0.3, 0.4) is 0 Å². The Bertz CT molecular complexity index is 226. The Balaban J connectivity index is 4.41. The average molecular weight is 218 g/mol. The average Bonchev–Trinajstić information content (AvgIpc) is 2.15. The summed E-state index contributed by atoms with van der Waals surface area (Å²) in [7, 11) is 1.35. The lowest BCUT2D eigenvalue weighted by Gasteiger charge is -2.20. The second kappa shape index (κ2) is 6.36. The van der Waals surface area contributed by atoms with Gasteiger partial charge in [-0.15, -0.1) is 0 Å². The Kier molecular flexibility index (Phi) is 5.88. The van der Waals surface area contributed by atoms with Gasteiger partial charge in [-0.2, -0.15) is 0 Å². The van der Waals surface area contributed by atoms with Crippen LogP contribution in [0.25, 0.3) is 0 Å². The third kappa shape index (κ3) is 4.26. The van der Waals surface area contributed by atoms with Crippen LogP contribution in [-0.4, -0.2) is 42.8 Å². The van der Waals surface area contributed by atoms with Crippen molar-refractivity contribution in [2.45, 2.75) is 26.0 Å². The predicted molar refractivity (Wildman–Crippen MR) is 54.3 cm³/mol. The smallest absolute Gasteiger partial charge is 0.326 e. The fourth-order valence-electron chi connectivity index (χ4n) is 1.07. The maximum atomic E-state index is 11.4. The number of methoxy groups -OCH3 is 1. The van der Waals surface area contributed by atoms with E-state index in [4.69, 9.17) is 15.6 Å². The molecule has 88 valence electrons. The van der Waals surface area contributed by atoms with Crippen molar-refractivity contribution in [2.75, 3.05) is 13.7 Å². The molecule has 0 aliphatic rings. The van der Waals surface area contributed by atoms with Gasteiger partial charge in [0, 0.05) is 13.7 Å². The van der Waals surface area contributed by atoms with Gasteiger partial charge in [0.2, 0.25) is 0 Å². The number of ether oxygens (including phenoxy) is 1. The Morgan fingerprint density at radius 2 is 2.00 bits per heavy atom. The molecular formula is C9H18N2O4. The summed E-state index contributed by atoms with van der Waals surface area (Å²) in [5.74, 6) is -1.76. The Morgan fingerprint density at radius 3 is 2.27 bits per heavy atom. The number of aliphatic carboxylic acids is 1. The molecule has 1 amide bonds. The van der Waals surface area contributed by atoms with Crippen LogP contribution >= 0.6 is 0 Å². The van der Waals surface area contributed by atoms with Gasteiger partial charge in [-0.3, -0.25) is 4.79 Å². The molecule has 0 aromatic carbocycles. The van der Waals surface area contributed by atoms with E-state index in [2.05, 4.69) is 5.32 Å². The number of carbonyl (C=O) groups is 2. The van der Waals surface area contributed by atoms with Crippen LogP contribution in [0.4, 0.5) is 0 Å². The molecule has 0 aliphatic heterocycles. The minimum absolute atomic E-state index is 0.0206. The first kappa shape index (κ1) is 13.9. The molecule has 4 N–H and O–H groups in total. The molecule has 6 heteroatoms. The zero-order valence-electron chi connectivity index (χ0n) is 9.19. The summed E-state index contributed by atoms with van der Waals surface area (Å²) >= 11 is 0. The second-order valence-corrected chi connectivity index (χ2v) is 3.53. The molecule has 0 fully saturated rings. The number of nitrogens with one attached hydrogen (secondary N) is 1. The Hall–Kier alpha value is -1.14. The molecule has 0 saturated carbocycles. The first-order valence-corrected chi connectivity index (χ1v) is 4.70. The summed E-state index contributed by atoms with van der Waals surface area (Å²) < 4.78 is 4.79. The van der Waals surface area contributed by atoms with Crippen molar-refractivity contribution in [3.63, 3.8) is 0 Å². The predicted octanol–water partition coefficient (Wildman–Crippen LogP) is -0.814. The van der Waals surface area contributed by atoms with Crippen LogP contribution in [0.5, 0.6) is 0 Å². The monoisotopic (exact) mass is 218 g/mol. The van der Waals surface area contributed by atoms with Crippen LogP contribution < -0.4 is 11.1 Å². The maximum Gasteiger partial charge on any atom is 0.326 e. The lowest BCUT2D eigenvalue weighted by Crippen LogP contribution is -2.50. The quantitative estimate of drug-likeness (QED) is 0.541. The number of nitrogens with two attached hydrogens (primary N) is 1. The van der Waals surface area contributed by atoms with Gasteiger partial charge >= 0.3 is 5.97 Å². The van der Waals surface area contributed by atoms with Crippen molar-refractivity contribution in [2.24, 2.45) is 11.7 Å². The first-order valence-electron chi connectivity index (χ1n) is 4.70. The lowest BCUT2D eigenvalue weighted by atomic mass is 10.0. The molecule has 2 atom stereocenters. The standard InChI is InChI=1S/C9H18N2O4/c1-5(2)7(9(13)14)11-8(12)6(4-10)15-3/h5-7H,4,10H2,1-3H3,(H,11,12)(H,13,14)/t6?,7-/m1/s1. The van der Waals surface area contributed by atoms with Crippen LogP contribution in [0.2, 0.25) is 0 Å². The Morgan fingerprint density at radius 1 is 1.47 bits per heavy atom. The molecule has 1 unspecified atom stereocenters. The van der Waals surface area contributed by atoms with Gasteiger partial charge in [0.05, 0.1) is 0 Å². The second-order valence-electron chi connectivity index (χ2n) is 3.53. The van der Waals surface area contributed by atoms with Gasteiger partial charge in [-0.25, -0.2) is 4.79 Å². The summed E-state index contributed by atoms with van der Waals surface area (Å²) in [5.41, 5.74) is 5.28. The van der Waals surface area contributed by atoms with Crippen molar-refractivity contribution in [3.8, 4) is 0 Å². The van der Waals surface area contributed by atoms with Gasteiger partial charge in [-0.05, 0) is 5.92 Å². The highest BCUT2D eigenvalue weighted by molar-refractivity contribution is 5.86. The topological polar surface area (TPSA) is 102 Å². The highest BCUT2D eigenvalue weighted by Gasteiger charge is 2.26. The molecule has 0 radical (unpaired) electrons. The number of hydrogen-bond donors (Lipinski definition) is 3. The normalized spacial score (nSPS) is 14.7. The zero-order chi connectivity index (χ0) is 12.0. The van der Waals surface area contributed by atoms with E-state index < -0.39 is 24.0 Å². The van der Waals surface area contributed by atoms with E-state index in [1.54, 1.807) is 13.8 Å². The zero-order valence-corrected chi connectivity index (χ0v) is 9.19. The summed E-state index contributed by atoms with van der Waals surface area (Å²) in [6.07, 6.45) is -0.800. The van der Waals surface area contributed by atoms with Crippen LogP contribution in [-0.2, 0) is 14.3 Å². The molecule has 15 heavy (non-hydrogen) atoms. The number of hydrogen-bond acceptors (Lipinski definition) is 4. The van der Waals surface area contributed by atoms with Crippen LogP contribution in [0, 0.1) is 5.92 Å². The first-order chi connectivity index (χ1) is 6.93. The fraction of sp³-hybridized carbons (Fsp3) is 0.778. The van der Waals surface area contributed by atoms with E-state index in [1.807, 2.05) is 0 Å². The molecule has 0 aromatic rings. The molecule has 0 rings (SSSR count). The van der Waals surface area contributed by atoms with E-state index in [0.717, 1.165) is 0 Å². The van der Waals surface area contributed by atoms with Crippen molar-refractivity contribution < 1.29 is 19.4 Å². The number of carbonyl (C=O) groups excluding carboxylic acids is 1. The summed E-state index contributed by atoms with van der Waals surface area (Å²) in [6.45, 7) is 3.44. The molecule has 0 aromatic heterocycles. The minimum Gasteiger partial charge on any atom is -0.480 e. The van der Waals surface area contributed by atoms with Gasteiger partial charge in [0.25, 0.3) is 5.91 Å². The van der Waals surface area contributed by atoms with E-state index in [1.165, 1.54) is 7.11 Å². The molecule has 6 nitrogen and oxygen atoms in total. The van der Waals surface area contributed by atoms with E-state index in [0.29, 0.717) is 0 Å². The van der Waals surface area contributed by atoms with Gasteiger partial charge in [0.15, 0.2) is 0 Å². The SMILES string of the molecule is COC(CN)C(=O)N[C@@H](C(=O)O)C(C)C. The van der Waals surface area contributed by atoms with Crippen LogP contribution in [0.1, 0.15) is 13.8 Å². The van der Waals surface area contributed by atoms with Crippen LogP contribution in [0.15, 0.2) is 0 Å². The van der Waals surface area contributed by atoms with Crippen molar-refractivity contribution in [3.05, 3.63) is 0 Å². The fourth-order valence-corrected chi connectivity index (χ4v) is 1.07. The molecular weight excluding hydrogens is 200 g/mol. The van der Waals surface area contributed by atoms with E-state index in [9.17, 15) is 9.59 Å². The molecule has 0 heterocycles.